The first-order valence-electron chi connectivity index (χ1n) is 12.7. The molecule has 0 aliphatic carbocycles. The lowest BCUT2D eigenvalue weighted by Crippen LogP contribution is -2.42. The predicted molar refractivity (Wildman–Crippen MR) is 144 cm³/mol. The van der Waals surface area contributed by atoms with E-state index in [1.54, 1.807) is 18.3 Å². The molecule has 194 valence electrons. The number of fused-ring (bicyclic) bond motifs is 1. The molecular formula is C28H37N3O4S. The average Bonchev–Trinajstić information content (AvgIpc) is 2.85. The summed E-state index contributed by atoms with van der Waals surface area (Å²) in [6.45, 7) is 8.13. The van der Waals surface area contributed by atoms with Crippen LogP contribution in [0.3, 0.4) is 0 Å². The largest absolute Gasteiger partial charge is 0.379 e. The Kier molecular flexibility index (Phi) is 8.95. The lowest BCUT2D eigenvalue weighted by Gasteiger charge is -2.29. The summed E-state index contributed by atoms with van der Waals surface area (Å²) < 4.78 is 41.0. The van der Waals surface area contributed by atoms with Crippen LogP contribution in [0, 0.1) is 5.92 Å². The standard InChI is InChI=1S/C28H37N3O4S/c1-21(2)18-23-10-13-27-26(7-4-14-29-27)28(23)30-36(32,33)25-11-8-22(9-12-25)6-5-16-34-20-24-19-31(3)15-17-35-24/h4,7-14,21,24,30H,5-6,15-20H2,1-3H3/t24-/m0/s1. The van der Waals surface area contributed by atoms with Crippen molar-refractivity contribution in [2.24, 2.45) is 5.92 Å². The molecule has 0 unspecified atom stereocenters. The summed E-state index contributed by atoms with van der Waals surface area (Å²) in [5.74, 6) is 0.391. The topological polar surface area (TPSA) is 80.8 Å². The summed E-state index contributed by atoms with van der Waals surface area (Å²) in [6.07, 6.45) is 4.32. The number of nitrogens with zero attached hydrogens (tertiary/aromatic N) is 2. The van der Waals surface area contributed by atoms with Gasteiger partial charge in [0.2, 0.25) is 0 Å². The molecule has 0 spiro atoms. The highest BCUT2D eigenvalue weighted by Gasteiger charge is 2.19. The summed E-state index contributed by atoms with van der Waals surface area (Å²) in [7, 11) is -1.65. The normalized spacial score (nSPS) is 17.1. The van der Waals surface area contributed by atoms with Crippen LogP contribution < -0.4 is 4.72 Å². The fourth-order valence-corrected chi connectivity index (χ4v) is 5.64. The molecule has 2 heterocycles. The van der Waals surface area contributed by atoms with Crippen molar-refractivity contribution in [2.75, 3.05) is 44.7 Å². The molecule has 1 aliphatic heterocycles. The Morgan fingerprint density at radius 2 is 1.97 bits per heavy atom. The summed E-state index contributed by atoms with van der Waals surface area (Å²) in [6, 6.07) is 14.8. The number of aryl methyl sites for hydroxylation is 1. The fraction of sp³-hybridized carbons (Fsp3) is 0.464. The summed E-state index contributed by atoms with van der Waals surface area (Å²) in [5.41, 5.74) is 3.43. The molecule has 1 fully saturated rings. The van der Waals surface area contributed by atoms with Gasteiger partial charge in [0.05, 0.1) is 35.4 Å². The molecule has 1 aliphatic rings. The molecule has 2 aromatic carbocycles. The molecule has 0 bridgehead atoms. The van der Waals surface area contributed by atoms with Crippen LogP contribution in [-0.4, -0.2) is 64.4 Å². The minimum Gasteiger partial charge on any atom is -0.379 e. The van der Waals surface area contributed by atoms with Crippen LogP contribution >= 0.6 is 0 Å². The second-order valence-corrected chi connectivity index (χ2v) is 11.6. The van der Waals surface area contributed by atoms with E-state index in [9.17, 15) is 8.42 Å². The minimum absolute atomic E-state index is 0.138. The van der Waals surface area contributed by atoms with Gasteiger partial charge in [0.25, 0.3) is 10.0 Å². The number of pyridine rings is 1. The summed E-state index contributed by atoms with van der Waals surface area (Å²) in [5, 5.41) is 0.807. The highest BCUT2D eigenvalue weighted by atomic mass is 32.2. The van der Waals surface area contributed by atoms with E-state index in [4.69, 9.17) is 9.47 Å². The highest BCUT2D eigenvalue weighted by Crippen LogP contribution is 2.30. The van der Waals surface area contributed by atoms with E-state index in [1.807, 2.05) is 36.4 Å². The first-order valence-corrected chi connectivity index (χ1v) is 14.2. The van der Waals surface area contributed by atoms with Gasteiger partial charge in [0.15, 0.2) is 0 Å². The van der Waals surface area contributed by atoms with Gasteiger partial charge in [-0.05, 0) is 73.7 Å². The highest BCUT2D eigenvalue weighted by molar-refractivity contribution is 7.92. The molecule has 1 aromatic heterocycles. The van der Waals surface area contributed by atoms with E-state index < -0.39 is 10.0 Å². The smallest absolute Gasteiger partial charge is 0.261 e. The van der Waals surface area contributed by atoms with Crippen molar-refractivity contribution in [3.63, 3.8) is 0 Å². The van der Waals surface area contributed by atoms with Gasteiger partial charge in [0, 0.05) is 31.3 Å². The van der Waals surface area contributed by atoms with Crippen molar-refractivity contribution in [3.8, 4) is 0 Å². The average molecular weight is 512 g/mol. The predicted octanol–water partition coefficient (Wildman–Crippen LogP) is 4.51. The van der Waals surface area contributed by atoms with Crippen LogP contribution in [0.5, 0.6) is 0 Å². The Labute approximate surface area is 214 Å². The van der Waals surface area contributed by atoms with Crippen molar-refractivity contribution in [2.45, 2.75) is 44.1 Å². The number of likely N-dealkylation sites (N-methyl/N-ethyl adjacent to an activating group) is 1. The van der Waals surface area contributed by atoms with Crippen molar-refractivity contribution in [1.29, 1.82) is 0 Å². The van der Waals surface area contributed by atoms with Crippen LogP contribution in [0.1, 0.15) is 31.4 Å². The molecule has 1 saturated heterocycles. The zero-order chi connectivity index (χ0) is 25.5. The number of morpholine rings is 1. The molecular weight excluding hydrogens is 474 g/mol. The number of aromatic nitrogens is 1. The van der Waals surface area contributed by atoms with Gasteiger partial charge in [-0.3, -0.25) is 9.71 Å². The first-order chi connectivity index (χ1) is 17.3. The van der Waals surface area contributed by atoms with Crippen LogP contribution in [0.25, 0.3) is 10.9 Å². The Hall–Kier alpha value is -2.52. The molecule has 7 nitrogen and oxygen atoms in total. The number of sulfonamides is 1. The Morgan fingerprint density at radius 1 is 1.17 bits per heavy atom. The quantitative estimate of drug-likeness (QED) is 0.382. The molecule has 36 heavy (non-hydrogen) atoms. The molecule has 0 amide bonds. The van der Waals surface area contributed by atoms with Crippen LogP contribution in [0.4, 0.5) is 5.69 Å². The Bertz CT molecular complexity index is 1250. The molecule has 3 aromatic rings. The lowest BCUT2D eigenvalue weighted by molar-refractivity contribution is -0.0632. The lowest BCUT2D eigenvalue weighted by atomic mass is 9.99. The van der Waals surface area contributed by atoms with Crippen molar-refractivity contribution < 1.29 is 17.9 Å². The van der Waals surface area contributed by atoms with E-state index in [0.717, 1.165) is 61.0 Å². The number of benzene rings is 2. The molecule has 4 rings (SSSR count). The number of hydrogen-bond donors (Lipinski definition) is 1. The van der Waals surface area contributed by atoms with E-state index in [-0.39, 0.29) is 11.0 Å². The maximum absolute atomic E-state index is 13.3. The Morgan fingerprint density at radius 3 is 2.72 bits per heavy atom. The maximum Gasteiger partial charge on any atom is 0.261 e. The van der Waals surface area contributed by atoms with E-state index in [1.165, 1.54) is 0 Å². The van der Waals surface area contributed by atoms with Crippen molar-refractivity contribution >= 4 is 26.6 Å². The first kappa shape index (κ1) is 26.5. The van der Waals surface area contributed by atoms with Gasteiger partial charge >= 0.3 is 0 Å². The van der Waals surface area contributed by atoms with E-state index >= 15 is 0 Å². The second-order valence-electron chi connectivity index (χ2n) is 9.95. The SMILES string of the molecule is CC(C)Cc1ccc2ncccc2c1NS(=O)(=O)c1ccc(CCCOC[C@@H]2CN(C)CCO2)cc1. The van der Waals surface area contributed by atoms with Gasteiger partial charge in [0.1, 0.15) is 0 Å². The monoisotopic (exact) mass is 511 g/mol. The van der Waals surface area contributed by atoms with Gasteiger partial charge in [-0.25, -0.2) is 8.42 Å². The number of nitrogens with one attached hydrogen (secondary N) is 1. The molecule has 0 radical (unpaired) electrons. The summed E-state index contributed by atoms with van der Waals surface area (Å²) >= 11 is 0. The van der Waals surface area contributed by atoms with Crippen molar-refractivity contribution in [1.82, 2.24) is 9.88 Å². The number of anilines is 1. The summed E-state index contributed by atoms with van der Waals surface area (Å²) in [4.78, 5) is 6.90. The number of rotatable bonds is 11. The molecule has 8 heteroatoms. The fourth-order valence-electron chi connectivity index (χ4n) is 4.52. The molecule has 1 atom stereocenters. The van der Waals surface area contributed by atoms with E-state index in [0.29, 0.717) is 24.8 Å². The Balaban J connectivity index is 1.37. The van der Waals surface area contributed by atoms with Gasteiger partial charge in [-0.15, -0.1) is 0 Å². The third kappa shape index (κ3) is 7.03. The zero-order valence-electron chi connectivity index (χ0n) is 21.4. The minimum atomic E-state index is -3.75. The van der Waals surface area contributed by atoms with Crippen LogP contribution in [-0.2, 0) is 32.3 Å². The molecule has 1 N–H and O–H groups in total. The van der Waals surface area contributed by atoms with Crippen LogP contribution in [0.2, 0.25) is 0 Å². The molecule has 0 saturated carbocycles. The third-order valence-corrected chi connectivity index (χ3v) is 7.73. The zero-order valence-corrected chi connectivity index (χ0v) is 22.3. The van der Waals surface area contributed by atoms with Gasteiger partial charge in [-0.2, -0.15) is 0 Å². The second kappa shape index (κ2) is 12.1. The van der Waals surface area contributed by atoms with E-state index in [2.05, 4.69) is 35.5 Å². The third-order valence-electron chi connectivity index (χ3n) is 6.37. The maximum atomic E-state index is 13.3. The van der Waals surface area contributed by atoms with Crippen LogP contribution in [0.15, 0.2) is 59.6 Å². The number of hydrogen-bond acceptors (Lipinski definition) is 6. The van der Waals surface area contributed by atoms with Crippen molar-refractivity contribution in [3.05, 3.63) is 65.9 Å². The van der Waals surface area contributed by atoms with Gasteiger partial charge in [-0.1, -0.05) is 32.0 Å². The number of ether oxygens (including phenoxy) is 2. The van der Waals surface area contributed by atoms with Gasteiger partial charge < -0.3 is 14.4 Å².